The maximum atomic E-state index is 10.7. The first-order valence-electron chi connectivity index (χ1n) is 20.8. The molecule has 10 heteroatoms. The highest BCUT2D eigenvalue weighted by Gasteiger charge is 2.40. The number of carboxylic acids is 2. The molecule has 0 amide bonds. The molecule has 0 aromatic heterocycles. The number of carboxylic acid groups (broad SMARTS) is 2. The predicted octanol–water partition coefficient (Wildman–Crippen LogP) is 11.6. The maximum Gasteiger partial charge on any atom is 0.294 e. The molecular formula is C56H44N2O7S. The molecular weight excluding hydrogens is 845 g/mol. The van der Waals surface area contributed by atoms with Gasteiger partial charge in [0.1, 0.15) is 45.5 Å². The number of hydrogen-bond donors (Lipinski definition) is 1. The summed E-state index contributed by atoms with van der Waals surface area (Å²) >= 11 is 0. The van der Waals surface area contributed by atoms with Crippen molar-refractivity contribution in [3.05, 3.63) is 272 Å². The lowest BCUT2D eigenvalue weighted by atomic mass is 10.1. The zero-order valence-electron chi connectivity index (χ0n) is 35.5. The van der Waals surface area contributed by atoms with Gasteiger partial charge in [0, 0.05) is 97.1 Å². The van der Waals surface area contributed by atoms with Crippen LogP contribution in [0.15, 0.2) is 266 Å². The number of hydrogen-bond acceptors (Lipinski definition) is 6. The fraction of sp³-hybridized carbons (Fsp3) is 0. The van der Waals surface area contributed by atoms with Crippen molar-refractivity contribution in [1.82, 2.24) is 8.97 Å². The molecule has 0 heterocycles. The van der Waals surface area contributed by atoms with Crippen molar-refractivity contribution in [2.24, 2.45) is 0 Å². The van der Waals surface area contributed by atoms with Crippen LogP contribution in [-0.4, -0.2) is 24.9 Å². The van der Waals surface area contributed by atoms with E-state index in [1.54, 1.807) is 0 Å². The third-order valence-corrected chi connectivity index (χ3v) is 11.7. The Balaban J connectivity index is 0.000000152. The molecule has 0 aliphatic carbocycles. The van der Waals surface area contributed by atoms with Crippen molar-refractivity contribution in [3.8, 4) is 0 Å². The van der Waals surface area contributed by atoms with Crippen LogP contribution in [0.5, 0.6) is 0 Å². The topological polar surface area (TPSA) is 135 Å². The van der Waals surface area contributed by atoms with Gasteiger partial charge in [0.15, 0.2) is 0 Å². The Hall–Kier alpha value is -8.25. The number of carbonyl (C=O) groups excluding carboxylic acids is 2. The molecule has 0 aliphatic rings. The molecule has 0 unspecified atom stereocenters. The van der Waals surface area contributed by atoms with Crippen LogP contribution in [0.2, 0.25) is 0 Å². The predicted molar refractivity (Wildman–Crippen MR) is 258 cm³/mol. The summed E-state index contributed by atoms with van der Waals surface area (Å²) in [4.78, 5) is 20.1. The van der Waals surface area contributed by atoms with Crippen molar-refractivity contribution in [2.45, 2.75) is 4.90 Å². The number of quaternary nitrogens is 2. The van der Waals surface area contributed by atoms with Gasteiger partial charge >= 0.3 is 0 Å². The van der Waals surface area contributed by atoms with E-state index >= 15 is 0 Å². The van der Waals surface area contributed by atoms with Crippen molar-refractivity contribution < 1.29 is 32.8 Å². The van der Waals surface area contributed by atoms with Crippen molar-refractivity contribution in [3.63, 3.8) is 0 Å². The summed E-state index contributed by atoms with van der Waals surface area (Å²) in [5.74, 6) is -3.54. The molecule has 9 rings (SSSR count). The number of nitrogens with zero attached hydrogens (tertiary/aromatic N) is 2. The van der Waals surface area contributed by atoms with Crippen molar-refractivity contribution in [1.29, 1.82) is 0 Å². The highest BCUT2D eigenvalue weighted by atomic mass is 32.2. The second kappa shape index (κ2) is 21.0. The van der Waals surface area contributed by atoms with Gasteiger partial charge < -0.3 is 19.8 Å². The molecule has 0 bridgehead atoms. The van der Waals surface area contributed by atoms with Gasteiger partial charge in [-0.15, -0.1) is 0 Å². The Bertz CT molecular complexity index is 2550. The zero-order valence-corrected chi connectivity index (χ0v) is 36.3. The minimum absolute atomic E-state index is 0.559. The van der Waals surface area contributed by atoms with E-state index < -0.39 is 38.1 Å². The SMILES string of the molecule is O=C([O-])c1cc(C(=O)[O-])cc(S(=O)(=O)O)c1.c1ccc([N+](c2ccccc2)(c2ccccc2)c2ccccc2)cc1.c1ccc([N+](c2ccccc2)(c2ccccc2)c2ccccc2)cc1. The summed E-state index contributed by atoms with van der Waals surface area (Å²) in [5.41, 5.74) is 8.34. The van der Waals surface area contributed by atoms with Crippen LogP contribution in [0.25, 0.3) is 0 Å². The number of rotatable bonds is 11. The van der Waals surface area contributed by atoms with E-state index in [1.807, 2.05) is 0 Å². The van der Waals surface area contributed by atoms with Crippen molar-refractivity contribution in [2.75, 3.05) is 0 Å². The molecule has 1 N–H and O–H groups in total. The highest BCUT2D eigenvalue weighted by molar-refractivity contribution is 7.85. The Kier molecular flexibility index (Phi) is 14.5. The van der Waals surface area contributed by atoms with Crippen LogP contribution >= 0.6 is 0 Å². The molecule has 66 heavy (non-hydrogen) atoms. The van der Waals surface area contributed by atoms with Gasteiger partial charge in [-0.3, -0.25) is 4.55 Å². The van der Waals surface area contributed by atoms with Gasteiger partial charge in [0.05, 0.1) is 16.8 Å². The Labute approximate surface area is 384 Å². The average molecular weight is 889 g/mol. The van der Waals surface area contributed by atoms with E-state index in [0.717, 1.165) is 0 Å². The molecule has 9 nitrogen and oxygen atoms in total. The molecule has 0 fully saturated rings. The summed E-state index contributed by atoms with van der Waals surface area (Å²) in [6, 6.07) is 87.3. The minimum Gasteiger partial charge on any atom is -0.545 e. The van der Waals surface area contributed by atoms with Crippen LogP contribution in [-0.2, 0) is 10.1 Å². The van der Waals surface area contributed by atoms with E-state index in [4.69, 9.17) is 4.55 Å². The number of carbonyl (C=O) groups is 2. The molecule has 0 aliphatic heterocycles. The quantitative estimate of drug-likeness (QED) is 0.101. The lowest BCUT2D eigenvalue weighted by molar-refractivity contribution is -0.255. The first-order chi connectivity index (χ1) is 32.1. The summed E-state index contributed by atoms with van der Waals surface area (Å²) in [7, 11) is -4.70. The summed E-state index contributed by atoms with van der Waals surface area (Å²) in [5, 5.41) is 20.9. The van der Waals surface area contributed by atoms with Gasteiger partial charge in [-0.25, -0.2) is 0 Å². The Morgan fingerprint density at radius 3 is 0.621 bits per heavy atom. The van der Waals surface area contributed by atoms with Gasteiger partial charge in [-0.05, 0) is 29.3 Å². The van der Waals surface area contributed by atoms with Gasteiger partial charge in [0.2, 0.25) is 0 Å². The van der Waals surface area contributed by atoms with E-state index in [9.17, 15) is 28.2 Å². The molecule has 326 valence electrons. The fourth-order valence-electron chi connectivity index (χ4n) is 7.99. The van der Waals surface area contributed by atoms with Crippen LogP contribution < -0.4 is 19.2 Å². The first kappa shape index (κ1) is 45.8. The van der Waals surface area contributed by atoms with Gasteiger partial charge in [-0.1, -0.05) is 146 Å². The molecule has 0 spiro atoms. The second-order valence-electron chi connectivity index (χ2n) is 14.8. The number of benzene rings is 9. The smallest absolute Gasteiger partial charge is 0.294 e. The number of para-hydroxylation sites is 8. The minimum atomic E-state index is -4.70. The summed E-state index contributed by atoms with van der Waals surface area (Å²) in [6.45, 7) is 0. The van der Waals surface area contributed by atoms with Gasteiger partial charge in [-0.2, -0.15) is 17.4 Å². The maximum absolute atomic E-state index is 10.7. The normalized spacial score (nSPS) is 11.2. The standard InChI is InChI=1S/2C24H20N.C8H6O7S/c2*1-5-13-21(14-6-1)25(22-15-7-2-8-16-22,23-17-9-3-10-18-23)24-19-11-4-12-20-24;9-7(10)4-1-5(8(11)12)3-6(2-4)16(13,14)15/h2*1-20H;1-3H,(H,9,10)(H,11,12)(H,13,14,15)/q2*+1;/p-2. The molecule has 0 atom stereocenters. The van der Waals surface area contributed by atoms with Gasteiger partial charge in [0.25, 0.3) is 10.1 Å². The van der Waals surface area contributed by atoms with Crippen LogP contribution in [0.3, 0.4) is 0 Å². The van der Waals surface area contributed by atoms with Crippen molar-refractivity contribution >= 4 is 67.6 Å². The third-order valence-electron chi connectivity index (χ3n) is 10.8. The van der Waals surface area contributed by atoms with Crippen LogP contribution in [0.4, 0.5) is 45.5 Å². The first-order valence-corrected chi connectivity index (χ1v) is 22.3. The van der Waals surface area contributed by atoms with E-state index in [0.29, 0.717) is 27.2 Å². The number of aromatic carboxylic acids is 2. The lowest BCUT2D eigenvalue weighted by Crippen LogP contribution is -2.33. The summed E-state index contributed by atoms with van der Waals surface area (Å²) < 4.78 is 31.2. The van der Waals surface area contributed by atoms with Crippen LogP contribution in [0, 0.1) is 0 Å². The van der Waals surface area contributed by atoms with E-state index in [1.165, 1.54) is 45.5 Å². The van der Waals surface area contributed by atoms with E-state index in [2.05, 4.69) is 243 Å². The lowest BCUT2D eigenvalue weighted by Gasteiger charge is -2.37. The molecule has 9 aromatic rings. The van der Waals surface area contributed by atoms with Crippen LogP contribution in [0.1, 0.15) is 20.7 Å². The zero-order chi connectivity index (χ0) is 46.4. The average Bonchev–Trinajstić information content (AvgIpc) is 3.37. The van der Waals surface area contributed by atoms with E-state index in [-0.39, 0.29) is 0 Å². The molecule has 0 saturated heterocycles. The summed E-state index contributed by atoms with van der Waals surface area (Å²) in [6.07, 6.45) is 0. The highest BCUT2D eigenvalue weighted by Crippen LogP contribution is 2.52. The Morgan fingerprint density at radius 1 is 0.318 bits per heavy atom. The second-order valence-corrected chi connectivity index (χ2v) is 16.2. The molecule has 9 aromatic carbocycles. The molecule has 0 saturated carbocycles. The molecule has 0 radical (unpaired) electrons. The third kappa shape index (κ3) is 9.93. The largest absolute Gasteiger partial charge is 0.545 e. The fourth-order valence-corrected chi connectivity index (χ4v) is 8.54. The Morgan fingerprint density at radius 2 is 0.485 bits per heavy atom. The monoisotopic (exact) mass is 888 g/mol.